The van der Waals surface area contributed by atoms with Crippen molar-refractivity contribution in [2.45, 2.75) is 70.9 Å². The lowest BCUT2D eigenvalue weighted by molar-refractivity contribution is -0.145. The second-order valence-electron chi connectivity index (χ2n) is 9.09. The van der Waals surface area contributed by atoms with Crippen LogP contribution in [-0.2, 0) is 9.59 Å². The van der Waals surface area contributed by atoms with Crippen LogP contribution >= 0.6 is 0 Å². The third-order valence-corrected chi connectivity index (χ3v) is 5.79. The molecule has 138 valence electrons. The standard InChI is InChI=1S/C20H30N2O3/c1-19(2,3)9-8-17(24)21-13-20-10-14(11-20)12-22(20)18(25)15-6-4-5-7-16(15)23/h14-16,23H,4-7,10-13H2,1-3H3,(H,21,24)/t14?,15-,16-,20?/m1/s1. The van der Waals surface area contributed by atoms with E-state index in [1.807, 2.05) is 25.7 Å². The molecule has 0 aromatic heterocycles. The van der Waals surface area contributed by atoms with Crippen LogP contribution in [-0.4, -0.2) is 46.6 Å². The van der Waals surface area contributed by atoms with Crippen molar-refractivity contribution in [2.75, 3.05) is 13.1 Å². The zero-order valence-corrected chi connectivity index (χ0v) is 15.6. The summed E-state index contributed by atoms with van der Waals surface area (Å²) in [6.07, 6.45) is 4.91. The highest BCUT2D eigenvalue weighted by molar-refractivity contribution is 5.93. The van der Waals surface area contributed by atoms with Crippen LogP contribution in [0.15, 0.2) is 0 Å². The lowest BCUT2D eigenvalue weighted by atomic mass is 9.73. The number of nitrogens with one attached hydrogen (secondary N) is 1. The molecule has 0 aromatic rings. The maximum Gasteiger partial charge on any atom is 0.295 e. The first-order chi connectivity index (χ1) is 11.7. The van der Waals surface area contributed by atoms with Crippen molar-refractivity contribution >= 4 is 11.8 Å². The average Bonchev–Trinajstić information content (AvgIpc) is 3.05. The summed E-state index contributed by atoms with van der Waals surface area (Å²) in [6.45, 7) is 7.14. The summed E-state index contributed by atoms with van der Waals surface area (Å²) in [5.74, 6) is 5.68. The Morgan fingerprint density at radius 2 is 1.92 bits per heavy atom. The Hall–Kier alpha value is -1.54. The summed E-state index contributed by atoms with van der Waals surface area (Å²) in [5, 5.41) is 13.1. The Kier molecular flexibility index (Phi) is 4.85. The van der Waals surface area contributed by atoms with Gasteiger partial charge in [0.05, 0.1) is 17.6 Å². The first-order valence-electron chi connectivity index (χ1n) is 9.51. The Morgan fingerprint density at radius 1 is 1.24 bits per heavy atom. The van der Waals surface area contributed by atoms with E-state index in [-0.39, 0.29) is 28.7 Å². The number of hydrogen-bond donors (Lipinski definition) is 2. The van der Waals surface area contributed by atoms with Crippen LogP contribution in [0.5, 0.6) is 0 Å². The minimum absolute atomic E-state index is 0.0854. The van der Waals surface area contributed by atoms with Gasteiger partial charge in [0.2, 0.25) is 5.91 Å². The van der Waals surface area contributed by atoms with Crippen molar-refractivity contribution in [3.05, 3.63) is 0 Å². The molecule has 2 saturated carbocycles. The predicted octanol–water partition coefficient (Wildman–Crippen LogP) is 1.69. The lowest BCUT2D eigenvalue weighted by Gasteiger charge is -2.43. The number of carbonyl (C=O) groups excluding carboxylic acids is 2. The predicted molar refractivity (Wildman–Crippen MR) is 95.4 cm³/mol. The van der Waals surface area contributed by atoms with Crippen molar-refractivity contribution in [3.8, 4) is 11.8 Å². The van der Waals surface area contributed by atoms with E-state index in [9.17, 15) is 14.7 Å². The van der Waals surface area contributed by atoms with Crippen molar-refractivity contribution in [3.63, 3.8) is 0 Å². The molecule has 4 aliphatic rings. The van der Waals surface area contributed by atoms with E-state index in [1.54, 1.807) is 0 Å². The normalized spacial score (nSPS) is 33.9. The average molecular weight is 346 g/mol. The fourth-order valence-electron chi connectivity index (χ4n) is 4.51. The zero-order chi connectivity index (χ0) is 18.2. The highest BCUT2D eigenvalue weighted by atomic mass is 16.3. The molecule has 2 saturated heterocycles. The Bertz CT molecular complexity index is 605. The van der Waals surface area contributed by atoms with Gasteiger partial charge < -0.3 is 15.3 Å². The molecule has 2 N–H and O–H groups in total. The van der Waals surface area contributed by atoms with Crippen LogP contribution in [0.25, 0.3) is 0 Å². The smallest absolute Gasteiger partial charge is 0.295 e. The highest BCUT2D eigenvalue weighted by Crippen LogP contribution is 2.51. The zero-order valence-electron chi connectivity index (χ0n) is 15.6. The second-order valence-corrected chi connectivity index (χ2v) is 9.09. The number of hydrogen-bond acceptors (Lipinski definition) is 3. The Morgan fingerprint density at radius 3 is 2.56 bits per heavy atom. The van der Waals surface area contributed by atoms with Gasteiger partial charge in [-0.1, -0.05) is 18.8 Å². The summed E-state index contributed by atoms with van der Waals surface area (Å²) in [7, 11) is 0. The van der Waals surface area contributed by atoms with Crippen LogP contribution in [0.1, 0.15) is 59.3 Å². The molecule has 25 heavy (non-hydrogen) atoms. The van der Waals surface area contributed by atoms with Crippen molar-refractivity contribution < 1.29 is 14.7 Å². The fraction of sp³-hybridized carbons (Fsp3) is 0.800. The summed E-state index contributed by atoms with van der Waals surface area (Å²) in [5.41, 5.74) is -0.457. The molecule has 0 aromatic carbocycles. The molecule has 5 nitrogen and oxygen atoms in total. The molecule has 2 heterocycles. The second kappa shape index (κ2) is 6.64. The van der Waals surface area contributed by atoms with E-state index >= 15 is 0 Å². The maximum atomic E-state index is 13.0. The van der Waals surface area contributed by atoms with E-state index in [4.69, 9.17) is 0 Å². The van der Waals surface area contributed by atoms with Gasteiger partial charge in [0.15, 0.2) is 0 Å². The first kappa shape index (κ1) is 18.3. The van der Waals surface area contributed by atoms with Gasteiger partial charge in [-0.2, -0.15) is 0 Å². The Balaban J connectivity index is 1.61. The largest absolute Gasteiger partial charge is 0.392 e. The number of fused-ring (bicyclic) bond motifs is 1. The van der Waals surface area contributed by atoms with E-state index in [0.29, 0.717) is 12.5 Å². The Labute approximate surface area is 150 Å². The summed E-state index contributed by atoms with van der Waals surface area (Å²) in [6, 6.07) is 0. The molecule has 0 spiro atoms. The van der Waals surface area contributed by atoms with Gasteiger partial charge in [-0.15, -0.1) is 0 Å². The lowest BCUT2D eigenvalue weighted by Crippen LogP contribution is -2.57. The third-order valence-electron chi connectivity index (χ3n) is 5.79. The van der Waals surface area contributed by atoms with Crippen LogP contribution < -0.4 is 5.32 Å². The van der Waals surface area contributed by atoms with Crippen molar-refractivity contribution in [1.29, 1.82) is 0 Å². The van der Waals surface area contributed by atoms with Crippen molar-refractivity contribution in [1.82, 2.24) is 10.2 Å². The van der Waals surface area contributed by atoms with Crippen molar-refractivity contribution in [2.24, 2.45) is 17.3 Å². The molecule has 5 heteroatoms. The highest BCUT2D eigenvalue weighted by Gasteiger charge is 2.58. The SMILES string of the molecule is CC(C)(C)C#CC(=O)NCC12CC(CN1C(=O)[C@@H]1CCCC[C@H]1O)C2. The minimum Gasteiger partial charge on any atom is -0.392 e. The molecule has 4 fully saturated rings. The molecule has 2 aliphatic heterocycles. The third kappa shape index (κ3) is 3.84. The number of aliphatic hydroxyl groups excluding tert-OH is 1. The first-order valence-corrected chi connectivity index (χ1v) is 9.51. The van der Waals surface area contributed by atoms with E-state index < -0.39 is 6.10 Å². The molecule has 2 aliphatic carbocycles. The van der Waals surface area contributed by atoms with Crippen LogP contribution in [0.2, 0.25) is 0 Å². The summed E-state index contributed by atoms with van der Waals surface area (Å²) in [4.78, 5) is 26.9. The molecule has 2 amide bonds. The number of rotatable bonds is 3. The van der Waals surface area contributed by atoms with Gasteiger partial charge in [-0.3, -0.25) is 9.59 Å². The van der Waals surface area contributed by atoms with Gasteiger partial charge in [0.25, 0.3) is 5.91 Å². The summed E-state index contributed by atoms with van der Waals surface area (Å²) >= 11 is 0. The minimum atomic E-state index is -0.511. The number of carbonyl (C=O) groups is 2. The van der Waals surface area contributed by atoms with Crippen LogP contribution in [0.3, 0.4) is 0 Å². The molecule has 0 unspecified atom stereocenters. The number of amides is 2. The molecular weight excluding hydrogens is 316 g/mol. The van der Waals surface area contributed by atoms with Crippen LogP contribution in [0.4, 0.5) is 0 Å². The van der Waals surface area contributed by atoms with Gasteiger partial charge in [-0.25, -0.2) is 0 Å². The van der Waals surface area contributed by atoms with Gasteiger partial charge in [-0.05, 0) is 58.3 Å². The maximum absolute atomic E-state index is 13.0. The monoisotopic (exact) mass is 346 g/mol. The van der Waals surface area contributed by atoms with Gasteiger partial charge in [0.1, 0.15) is 0 Å². The van der Waals surface area contributed by atoms with E-state index in [0.717, 1.165) is 45.1 Å². The number of aliphatic hydroxyl groups is 1. The van der Waals surface area contributed by atoms with Crippen LogP contribution in [0, 0.1) is 29.1 Å². The number of nitrogens with zero attached hydrogens (tertiary/aromatic N) is 1. The molecular formula is C20H30N2O3. The topological polar surface area (TPSA) is 69.6 Å². The molecule has 4 rings (SSSR count). The molecule has 2 atom stereocenters. The van der Waals surface area contributed by atoms with Gasteiger partial charge in [0, 0.05) is 18.5 Å². The van der Waals surface area contributed by atoms with E-state index in [1.165, 1.54) is 0 Å². The molecule has 2 bridgehead atoms. The molecule has 0 radical (unpaired) electrons. The fourth-order valence-corrected chi connectivity index (χ4v) is 4.51. The summed E-state index contributed by atoms with van der Waals surface area (Å²) < 4.78 is 0. The van der Waals surface area contributed by atoms with E-state index in [2.05, 4.69) is 17.2 Å². The quantitative estimate of drug-likeness (QED) is 0.764. The van der Waals surface area contributed by atoms with Gasteiger partial charge >= 0.3 is 0 Å².